The number of aromatic nitrogens is 3. The first-order valence-electron chi connectivity index (χ1n) is 5.56. The van der Waals surface area contributed by atoms with E-state index in [9.17, 15) is 0 Å². The van der Waals surface area contributed by atoms with Gasteiger partial charge in [0.05, 0.1) is 0 Å². The molecule has 1 aromatic heterocycles. The highest BCUT2D eigenvalue weighted by Crippen LogP contribution is 2.34. The summed E-state index contributed by atoms with van der Waals surface area (Å²) in [4.78, 5) is 4.61. The predicted octanol–water partition coefficient (Wildman–Crippen LogP) is 1.15. The van der Waals surface area contributed by atoms with Gasteiger partial charge in [-0.1, -0.05) is 6.42 Å². The minimum absolute atomic E-state index is 0.542. The molecule has 1 aliphatic carbocycles. The molecule has 1 saturated carbocycles. The van der Waals surface area contributed by atoms with Crippen molar-refractivity contribution >= 4 is 0 Å². The molecule has 3 rings (SSSR count). The molecule has 2 aliphatic rings. The fraction of sp³-hybridized carbons (Fsp3) is 0.800. The number of aromatic amines is 1. The summed E-state index contributed by atoms with van der Waals surface area (Å²) in [5.74, 6) is 3.36. The van der Waals surface area contributed by atoms with Crippen LogP contribution in [0.2, 0.25) is 0 Å². The quantitative estimate of drug-likeness (QED) is 0.739. The Balaban J connectivity index is 1.75. The Labute approximate surface area is 83.5 Å². The Bertz CT molecular complexity index is 310. The van der Waals surface area contributed by atoms with E-state index in [-0.39, 0.29) is 0 Å². The van der Waals surface area contributed by atoms with Crippen LogP contribution in [0.5, 0.6) is 0 Å². The van der Waals surface area contributed by atoms with Crippen LogP contribution in [0, 0.1) is 0 Å². The summed E-state index contributed by atoms with van der Waals surface area (Å²) < 4.78 is 0. The highest BCUT2D eigenvalue weighted by atomic mass is 15.2. The Kier molecular flexibility index (Phi) is 2.01. The molecule has 4 heteroatoms. The lowest BCUT2D eigenvalue weighted by atomic mass is 9.85. The number of hydrogen-bond donors (Lipinski definition) is 2. The first kappa shape index (κ1) is 8.41. The zero-order chi connectivity index (χ0) is 9.38. The first-order valence-corrected chi connectivity index (χ1v) is 5.56. The number of nitrogens with one attached hydrogen (secondary N) is 2. The Hall–Kier alpha value is -0.900. The van der Waals surface area contributed by atoms with Crippen molar-refractivity contribution in [3.8, 4) is 0 Å². The minimum atomic E-state index is 0.542. The van der Waals surface area contributed by atoms with Crippen molar-refractivity contribution in [3.63, 3.8) is 0 Å². The minimum Gasteiger partial charge on any atom is -0.316 e. The van der Waals surface area contributed by atoms with Crippen LogP contribution in [-0.4, -0.2) is 28.3 Å². The molecule has 4 nitrogen and oxygen atoms in total. The van der Waals surface area contributed by atoms with Gasteiger partial charge in [-0.2, -0.15) is 5.10 Å². The standard InChI is InChI=1S/C10H16N4/c1-2-7(3-1)9-12-10(14-13-9)8-4-5-11-6-8/h7-8,11H,1-6H2,(H,12,13,14). The molecule has 1 unspecified atom stereocenters. The molecular formula is C10H16N4. The lowest BCUT2D eigenvalue weighted by Gasteiger charge is -2.22. The van der Waals surface area contributed by atoms with E-state index in [0.717, 1.165) is 24.7 Å². The first-order chi connectivity index (χ1) is 6.93. The van der Waals surface area contributed by atoms with Gasteiger partial charge in [-0.3, -0.25) is 5.10 Å². The van der Waals surface area contributed by atoms with Crippen molar-refractivity contribution in [1.29, 1.82) is 0 Å². The Morgan fingerprint density at radius 2 is 2.07 bits per heavy atom. The van der Waals surface area contributed by atoms with Crippen molar-refractivity contribution in [1.82, 2.24) is 20.5 Å². The summed E-state index contributed by atoms with van der Waals surface area (Å²) in [6.45, 7) is 2.15. The summed E-state index contributed by atoms with van der Waals surface area (Å²) in [5, 5.41) is 10.8. The van der Waals surface area contributed by atoms with Crippen molar-refractivity contribution in [2.75, 3.05) is 13.1 Å². The van der Waals surface area contributed by atoms with Gasteiger partial charge in [-0.15, -0.1) is 0 Å². The summed E-state index contributed by atoms with van der Waals surface area (Å²) in [5.41, 5.74) is 0. The molecule has 14 heavy (non-hydrogen) atoms. The molecule has 1 aliphatic heterocycles. The summed E-state index contributed by atoms with van der Waals surface area (Å²) in [6.07, 6.45) is 5.11. The molecule has 2 heterocycles. The molecule has 0 amide bonds. The highest BCUT2D eigenvalue weighted by molar-refractivity contribution is 5.06. The molecule has 0 spiro atoms. The van der Waals surface area contributed by atoms with E-state index in [0.29, 0.717) is 11.8 Å². The number of H-pyrrole nitrogens is 1. The lowest BCUT2D eigenvalue weighted by molar-refractivity contribution is 0.402. The van der Waals surface area contributed by atoms with E-state index in [4.69, 9.17) is 0 Å². The molecule has 0 aromatic carbocycles. The smallest absolute Gasteiger partial charge is 0.155 e. The third kappa shape index (κ3) is 1.34. The van der Waals surface area contributed by atoms with Gasteiger partial charge in [0, 0.05) is 18.4 Å². The molecule has 2 N–H and O–H groups in total. The summed E-state index contributed by atoms with van der Waals surface area (Å²) in [7, 11) is 0. The SMILES string of the molecule is C1CC(c2nc(C3CCNC3)n[nH]2)C1. The second-order valence-electron chi connectivity index (χ2n) is 4.40. The van der Waals surface area contributed by atoms with Crippen LogP contribution in [0.15, 0.2) is 0 Å². The largest absolute Gasteiger partial charge is 0.316 e. The monoisotopic (exact) mass is 192 g/mol. The van der Waals surface area contributed by atoms with E-state index in [2.05, 4.69) is 20.5 Å². The number of hydrogen-bond acceptors (Lipinski definition) is 3. The molecule has 1 saturated heterocycles. The maximum Gasteiger partial charge on any atom is 0.155 e. The van der Waals surface area contributed by atoms with Crippen LogP contribution in [0.1, 0.15) is 49.2 Å². The molecule has 0 bridgehead atoms. The summed E-state index contributed by atoms with van der Waals surface area (Å²) >= 11 is 0. The molecular weight excluding hydrogens is 176 g/mol. The van der Waals surface area contributed by atoms with Crippen LogP contribution < -0.4 is 5.32 Å². The van der Waals surface area contributed by atoms with Gasteiger partial charge in [-0.05, 0) is 25.8 Å². The molecule has 1 aromatic rings. The summed E-state index contributed by atoms with van der Waals surface area (Å²) in [6, 6.07) is 0. The van der Waals surface area contributed by atoms with Gasteiger partial charge < -0.3 is 5.32 Å². The number of nitrogens with zero attached hydrogens (tertiary/aromatic N) is 2. The number of rotatable bonds is 2. The third-order valence-electron chi connectivity index (χ3n) is 3.44. The van der Waals surface area contributed by atoms with Crippen LogP contribution in [-0.2, 0) is 0 Å². The predicted molar refractivity (Wildman–Crippen MR) is 53.2 cm³/mol. The van der Waals surface area contributed by atoms with Crippen LogP contribution >= 0.6 is 0 Å². The van der Waals surface area contributed by atoms with Crippen molar-refractivity contribution in [3.05, 3.63) is 11.6 Å². The third-order valence-corrected chi connectivity index (χ3v) is 3.44. The van der Waals surface area contributed by atoms with Gasteiger partial charge >= 0.3 is 0 Å². The molecule has 0 radical (unpaired) electrons. The van der Waals surface area contributed by atoms with Gasteiger partial charge in [0.2, 0.25) is 0 Å². The fourth-order valence-corrected chi connectivity index (χ4v) is 2.21. The van der Waals surface area contributed by atoms with Gasteiger partial charge in [0.25, 0.3) is 0 Å². The average Bonchev–Trinajstić information content (AvgIpc) is 2.65. The van der Waals surface area contributed by atoms with Crippen molar-refractivity contribution < 1.29 is 0 Å². The zero-order valence-electron chi connectivity index (χ0n) is 8.29. The molecule has 76 valence electrons. The normalized spacial score (nSPS) is 27.9. The Morgan fingerprint density at radius 1 is 1.14 bits per heavy atom. The Morgan fingerprint density at radius 3 is 2.71 bits per heavy atom. The van der Waals surface area contributed by atoms with Gasteiger partial charge in [-0.25, -0.2) is 4.98 Å². The van der Waals surface area contributed by atoms with Gasteiger partial charge in [0.15, 0.2) is 5.82 Å². The topological polar surface area (TPSA) is 53.6 Å². The van der Waals surface area contributed by atoms with Crippen molar-refractivity contribution in [2.24, 2.45) is 0 Å². The lowest BCUT2D eigenvalue weighted by Crippen LogP contribution is -2.11. The van der Waals surface area contributed by atoms with E-state index in [1.807, 2.05) is 0 Å². The fourth-order valence-electron chi connectivity index (χ4n) is 2.21. The van der Waals surface area contributed by atoms with Crippen LogP contribution in [0.4, 0.5) is 0 Å². The molecule has 2 fully saturated rings. The average molecular weight is 192 g/mol. The maximum absolute atomic E-state index is 4.61. The maximum atomic E-state index is 4.61. The van der Waals surface area contributed by atoms with E-state index >= 15 is 0 Å². The second-order valence-corrected chi connectivity index (χ2v) is 4.40. The second kappa shape index (κ2) is 3.35. The highest BCUT2D eigenvalue weighted by Gasteiger charge is 2.26. The van der Waals surface area contributed by atoms with E-state index in [1.165, 1.54) is 25.7 Å². The van der Waals surface area contributed by atoms with Crippen LogP contribution in [0.3, 0.4) is 0 Å². The van der Waals surface area contributed by atoms with Crippen LogP contribution in [0.25, 0.3) is 0 Å². The van der Waals surface area contributed by atoms with Gasteiger partial charge in [0.1, 0.15) is 5.82 Å². The zero-order valence-corrected chi connectivity index (χ0v) is 8.29. The van der Waals surface area contributed by atoms with E-state index in [1.54, 1.807) is 0 Å². The van der Waals surface area contributed by atoms with E-state index < -0.39 is 0 Å². The van der Waals surface area contributed by atoms with Crippen molar-refractivity contribution in [2.45, 2.75) is 37.5 Å². The molecule has 1 atom stereocenters.